The molecule has 0 spiro atoms. The molecule has 206 valence electrons. The van der Waals surface area contributed by atoms with Gasteiger partial charge in [0, 0.05) is 32.2 Å². The number of benzene rings is 6. The fraction of sp³-hybridized carbons (Fsp3) is 0.200. The Bertz CT molecular complexity index is 1790. The molecular formula is C40H36N2. The predicted octanol–water partition coefficient (Wildman–Crippen LogP) is 9.51. The molecule has 0 aromatic heterocycles. The van der Waals surface area contributed by atoms with Crippen LogP contribution >= 0.6 is 0 Å². The van der Waals surface area contributed by atoms with Gasteiger partial charge in [-0.15, -0.1) is 0 Å². The minimum Gasteiger partial charge on any atom is -0.290 e. The molecule has 6 aromatic rings. The van der Waals surface area contributed by atoms with E-state index in [-0.39, 0.29) is 6.04 Å². The van der Waals surface area contributed by atoms with E-state index < -0.39 is 0 Å². The topological polar surface area (TPSA) is 6.48 Å². The smallest absolute Gasteiger partial charge is 0.0510 e. The molecule has 0 fully saturated rings. The Morgan fingerprint density at radius 1 is 0.476 bits per heavy atom. The van der Waals surface area contributed by atoms with Gasteiger partial charge in [-0.3, -0.25) is 9.80 Å². The second kappa shape index (κ2) is 10.5. The second-order valence-corrected chi connectivity index (χ2v) is 12.1. The maximum Gasteiger partial charge on any atom is 0.0510 e. The molecule has 0 N–H and O–H groups in total. The third kappa shape index (κ3) is 4.26. The Morgan fingerprint density at radius 2 is 0.952 bits per heavy atom. The minimum atomic E-state index is 0.266. The first-order valence-corrected chi connectivity index (χ1v) is 15.4. The monoisotopic (exact) mass is 544 g/mol. The molecule has 0 aliphatic carbocycles. The molecule has 0 amide bonds. The third-order valence-corrected chi connectivity index (χ3v) is 9.68. The average Bonchev–Trinajstić information content (AvgIpc) is 3.39. The maximum absolute atomic E-state index is 2.78. The van der Waals surface area contributed by atoms with Gasteiger partial charge < -0.3 is 0 Å². The van der Waals surface area contributed by atoms with Gasteiger partial charge in [0.05, 0.1) is 6.04 Å². The Hall–Kier alpha value is -4.24. The van der Waals surface area contributed by atoms with Crippen molar-refractivity contribution in [2.45, 2.75) is 51.6 Å². The first kappa shape index (κ1) is 25.5. The zero-order valence-electron chi connectivity index (χ0n) is 24.2. The number of hydrogen-bond donors (Lipinski definition) is 0. The molecule has 2 heterocycles. The van der Waals surface area contributed by atoms with Gasteiger partial charge in [0.1, 0.15) is 0 Å². The Morgan fingerprint density at radius 3 is 1.50 bits per heavy atom. The van der Waals surface area contributed by atoms with E-state index in [9.17, 15) is 0 Å². The van der Waals surface area contributed by atoms with Crippen molar-refractivity contribution in [3.8, 4) is 11.1 Å². The largest absolute Gasteiger partial charge is 0.290 e. The van der Waals surface area contributed by atoms with Crippen LogP contribution in [0.1, 0.15) is 47.2 Å². The van der Waals surface area contributed by atoms with Crippen LogP contribution in [-0.4, -0.2) is 15.8 Å². The van der Waals surface area contributed by atoms with Gasteiger partial charge in [-0.25, -0.2) is 0 Å². The van der Waals surface area contributed by atoms with Gasteiger partial charge in [-0.1, -0.05) is 134 Å². The number of nitrogens with zero attached hydrogens (tertiary/aromatic N) is 2. The van der Waals surface area contributed by atoms with Gasteiger partial charge in [-0.05, 0) is 66.9 Å². The molecule has 0 saturated carbocycles. The van der Waals surface area contributed by atoms with Gasteiger partial charge in [0.2, 0.25) is 0 Å². The SMILES string of the molecule is CCC(C(c1ccccc1)N1Cc2ccc3ccccc3c2-c2c(ccc3ccccc23)C1)N1Cc2ccccc2C1. The van der Waals surface area contributed by atoms with Crippen molar-refractivity contribution < 1.29 is 0 Å². The van der Waals surface area contributed by atoms with Gasteiger partial charge >= 0.3 is 0 Å². The molecule has 6 aromatic carbocycles. The molecule has 0 saturated heterocycles. The molecule has 2 unspecified atom stereocenters. The highest BCUT2D eigenvalue weighted by Crippen LogP contribution is 2.45. The summed E-state index contributed by atoms with van der Waals surface area (Å²) in [5.41, 5.74) is 10.0. The summed E-state index contributed by atoms with van der Waals surface area (Å²) in [6.45, 7) is 6.26. The summed E-state index contributed by atoms with van der Waals surface area (Å²) in [7, 11) is 0. The van der Waals surface area contributed by atoms with E-state index in [2.05, 4.69) is 144 Å². The van der Waals surface area contributed by atoms with Gasteiger partial charge in [0.15, 0.2) is 0 Å². The number of rotatable bonds is 5. The van der Waals surface area contributed by atoms with Crippen LogP contribution in [0, 0.1) is 0 Å². The summed E-state index contributed by atoms with van der Waals surface area (Å²) in [6, 6.07) is 48.3. The summed E-state index contributed by atoms with van der Waals surface area (Å²) >= 11 is 0. The van der Waals surface area contributed by atoms with Crippen molar-refractivity contribution in [2.24, 2.45) is 0 Å². The molecule has 0 bridgehead atoms. The van der Waals surface area contributed by atoms with E-state index in [1.807, 2.05) is 0 Å². The molecule has 0 radical (unpaired) electrons. The molecule has 2 aliphatic heterocycles. The lowest BCUT2D eigenvalue weighted by molar-refractivity contribution is 0.0616. The van der Waals surface area contributed by atoms with Crippen LogP contribution < -0.4 is 0 Å². The van der Waals surface area contributed by atoms with E-state index in [1.165, 1.54) is 60.5 Å². The molecule has 2 heteroatoms. The molecule has 2 aliphatic rings. The number of hydrogen-bond acceptors (Lipinski definition) is 2. The lowest BCUT2D eigenvalue weighted by Crippen LogP contribution is -2.43. The normalized spacial score (nSPS) is 16.5. The Balaban J connectivity index is 1.32. The van der Waals surface area contributed by atoms with Crippen molar-refractivity contribution in [3.63, 3.8) is 0 Å². The quantitative estimate of drug-likeness (QED) is 0.213. The summed E-state index contributed by atoms with van der Waals surface area (Å²) in [6.07, 6.45) is 1.10. The number of fused-ring (bicyclic) bond motifs is 8. The van der Waals surface area contributed by atoms with Gasteiger partial charge in [-0.2, -0.15) is 0 Å². The Kier molecular flexibility index (Phi) is 6.40. The summed E-state index contributed by atoms with van der Waals surface area (Å²) in [4.78, 5) is 5.51. The second-order valence-electron chi connectivity index (χ2n) is 12.1. The molecule has 2 nitrogen and oxygen atoms in total. The zero-order chi connectivity index (χ0) is 28.0. The van der Waals surface area contributed by atoms with E-state index in [4.69, 9.17) is 0 Å². The van der Waals surface area contributed by atoms with Crippen molar-refractivity contribution >= 4 is 21.5 Å². The van der Waals surface area contributed by atoms with Crippen LogP contribution in [0.4, 0.5) is 0 Å². The predicted molar refractivity (Wildman–Crippen MR) is 175 cm³/mol. The van der Waals surface area contributed by atoms with Crippen LogP contribution in [0.15, 0.2) is 127 Å². The van der Waals surface area contributed by atoms with Crippen molar-refractivity contribution in [2.75, 3.05) is 0 Å². The zero-order valence-corrected chi connectivity index (χ0v) is 24.2. The van der Waals surface area contributed by atoms with Crippen LogP contribution in [0.25, 0.3) is 32.7 Å². The minimum absolute atomic E-state index is 0.266. The highest BCUT2D eigenvalue weighted by atomic mass is 15.3. The highest BCUT2D eigenvalue weighted by molar-refractivity contribution is 6.08. The average molecular weight is 545 g/mol. The summed E-state index contributed by atoms with van der Waals surface area (Å²) < 4.78 is 0. The molecule has 42 heavy (non-hydrogen) atoms. The first-order chi connectivity index (χ1) is 20.8. The fourth-order valence-electron chi connectivity index (χ4n) is 7.78. The Labute approximate surface area is 248 Å². The molecular weight excluding hydrogens is 508 g/mol. The van der Waals surface area contributed by atoms with Crippen LogP contribution in [0.5, 0.6) is 0 Å². The van der Waals surface area contributed by atoms with E-state index >= 15 is 0 Å². The van der Waals surface area contributed by atoms with Crippen molar-refractivity contribution in [1.82, 2.24) is 9.80 Å². The van der Waals surface area contributed by atoms with Crippen molar-refractivity contribution in [1.29, 1.82) is 0 Å². The van der Waals surface area contributed by atoms with E-state index in [1.54, 1.807) is 0 Å². The fourth-order valence-corrected chi connectivity index (χ4v) is 7.78. The standard InChI is InChI=1S/C40H36N2/c1-2-37(41-24-31-16-6-7-17-32(31)25-41)40(30-14-4-3-5-15-30)42-26-33-22-20-28-12-8-10-18-35(28)38(33)39-34(27-42)23-21-29-13-9-11-19-36(29)39/h3-23,37,40H,2,24-27H2,1H3. The maximum atomic E-state index is 2.78. The van der Waals surface area contributed by atoms with Crippen molar-refractivity contribution in [3.05, 3.63) is 155 Å². The lowest BCUT2D eigenvalue weighted by atomic mass is 9.88. The lowest BCUT2D eigenvalue weighted by Gasteiger charge is -2.41. The van der Waals surface area contributed by atoms with E-state index in [0.29, 0.717) is 6.04 Å². The summed E-state index contributed by atoms with van der Waals surface area (Å²) in [5, 5.41) is 5.33. The first-order valence-electron chi connectivity index (χ1n) is 15.4. The van der Waals surface area contributed by atoms with Crippen LogP contribution in [-0.2, 0) is 26.2 Å². The molecule has 8 rings (SSSR count). The molecule has 2 atom stereocenters. The van der Waals surface area contributed by atoms with Crippen LogP contribution in [0.2, 0.25) is 0 Å². The summed E-state index contributed by atoms with van der Waals surface area (Å²) in [5.74, 6) is 0. The third-order valence-electron chi connectivity index (χ3n) is 9.68. The highest BCUT2D eigenvalue weighted by Gasteiger charge is 2.36. The van der Waals surface area contributed by atoms with E-state index in [0.717, 1.165) is 32.6 Å². The van der Waals surface area contributed by atoms with Crippen LogP contribution in [0.3, 0.4) is 0 Å². The van der Waals surface area contributed by atoms with Gasteiger partial charge in [0.25, 0.3) is 0 Å².